The molecule has 0 aromatic heterocycles. The molecule has 0 bridgehead atoms. The fourth-order valence-electron chi connectivity index (χ4n) is 1.50. The van der Waals surface area contributed by atoms with E-state index in [1.807, 2.05) is 0 Å². The summed E-state index contributed by atoms with van der Waals surface area (Å²) in [6.07, 6.45) is -4.43. The zero-order chi connectivity index (χ0) is 15.4. The predicted molar refractivity (Wildman–Crippen MR) is 70.3 cm³/mol. The topological polar surface area (TPSA) is 69.4 Å². The summed E-state index contributed by atoms with van der Waals surface area (Å²) in [7, 11) is -3.14. The Morgan fingerprint density at radius 3 is 2.50 bits per heavy atom. The van der Waals surface area contributed by atoms with Crippen LogP contribution >= 0.6 is 0 Å². The van der Waals surface area contributed by atoms with Crippen molar-refractivity contribution in [3.8, 4) is 5.75 Å². The molecule has 0 unspecified atom stereocenters. The van der Waals surface area contributed by atoms with E-state index in [4.69, 9.17) is 10.5 Å². The minimum atomic E-state index is -4.57. The fraction of sp³-hybridized carbons (Fsp3) is 0.500. The highest BCUT2D eigenvalue weighted by atomic mass is 32.2. The Kier molecular flexibility index (Phi) is 5.27. The van der Waals surface area contributed by atoms with E-state index in [0.717, 1.165) is 12.1 Å². The molecular weight excluding hydrogens is 295 g/mol. The Morgan fingerprint density at radius 1 is 1.30 bits per heavy atom. The molecule has 0 fully saturated rings. The van der Waals surface area contributed by atoms with Gasteiger partial charge in [0, 0.05) is 11.4 Å². The third kappa shape index (κ3) is 4.92. The Hall–Kier alpha value is -1.44. The first-order valence-electron chi connectivity index (χ1n) is 5.95. The number of sulfone groups is 1. The molecule has 114 valence electrons. The van der Waals surface area contributed by atoms with Gasteiger partial charge >= 0.3 is 6.18 Å². The summed E-state index contributed by atoms with van der Waals surface area (Å²) in [6, 6.07) is 3.22. The molecule has 0 amide bonds. The van der Waals surface area contributed by atoms with Crippen molar-refractivity contribution in [3.05, 3.63) is 23.8 Å². The number of nitrogen functional groups attached to an aromatic ring is 1. The summed E-state index contributed by atoms with van der Waals surface area (Å²) in [4.78, 5) is 0. The first-order chi connectivity index (χ1) is 9.15. The van der Waals surface area contributed by atoms with Gasteiger partial charge in [0.2, 0.25) is 0 Å². The lowest BCUT2D eigenvalue weighted by atomic mass is 10.1. The summed E-state index contributed by atoms with van der Waals surface area (Å²) in [5.74, 6) is -0.455. The maximum atomic E-state index is 12.7. The maximum absolute atomic E-state index is 12.7. The number of hydrogen-bond acceptors (Lipinski definition) is 4. The van der Waals surface area contributed by atoms with Gasteiger partial charge in [-0.3, -0.25) is 0 Å². The van der Waals surface area contributed by atoms with E-state index < -0.39 is 21.6 Å². The van der Waals surface area contributed by atoms with Gasteiger partial charge in [-0.15, -0.1) is 0 Å². The van der Waals surface area contributed by atoms with E-state index in [9.17, 15) is 21.6 Å². The maximum Gasteiger partial charge on any atom is 0.420 e. The molecule has 1 rings (SSSR count). The van der Waals surface area contributed by atoms with Crippen LogP contribution in [0.25, 0.3) is 0 Å². The molecule has 0 aliphatic rings. The van der Waals surface area contributed by atoms with Gasteiger partial charge in [-0.2, -0.15) is 13.2 Å². The lowest BCUT2D eigenvalue weighted by Crippen LogP contribution is -2.14. The second-order valence-corrected chi connectivity index (χ2v) is 6.66. The average molecular weight is 311 g/mol. The first kappa shape index (κ1) is 16.6. The summed E-state index contributed by atoms with van der Waals surface area (Å²) in [5.41, 5.74) is 4.34. The minimum Gasteiger partial charge on any atom is -0.493 e. The lowest BCUT2D eigenvalue weighted by molar-refractivity contribution is -0.138. The van der Waals surface area contributed by atoms with Crippen molar-refractivity contribution >= 4 is 15.5 Å². The van der Waals surface area contributed by atoms with Crippen molar-refractivity contribution in [2.24, 2.45) is 0 Å². The van der Waals surface area contributed by atoms with Crippen LogP contribution in [0.1, 0.15) is 18.9 Å². The van der Waals surface area contributed by atoms with Crippen LogP contribution in [0.5, 0.6) is 5.75 Å². The van der Waals surface area contributed by atoms with Crippen LogP contribution in [0.15, 0.2) is 18.2 Å². The molecule has 0 aliphatic carbocycles. The second-order valence-electron chi connectivity index (χ2n) is 4.19. The molecule has 4 nitrogen and oxygen atoms in total. The van der Waals surface area contributed by atoms with Gasteiger partial charge in [0.25, 0.3) is 0 Å². The molecular formula is C12H16F3NO3S. The lowest BCUT2D eigenvalue weighted by Gasteiger charge is -2.14. The number of nitrogens with two attached hydrogens (primary N) is 1. The first-order valence-corrected chi connectivity index (χ1v) is 7.78. The standard InChI is InChI=1S/C12H16F3NO3S/c1-2-20(17,18)7-3-6-19-11-5-4-9(16)8-10(11)12(13,14)15/h4-5,8H,2-3,6-7,16H2,1H3. The van der Waals surface area contributed by atoms with Crippen LogP contribution in [-0.2, 0) is 16.0 Å². The number of anilines is 1. The average Bonchev–Trinajstić information content (AvgIpc) is 2.35. The summed E-state index contributed by atoms with van der Waals surface area (Å²) in [5, 5.41) is 0. The van der Waals surface area contributed by atoms with Crippen LogP contribution in [0.4, 0.5) is 18.9 Å². The van der Waals surface area contributed by atoms with E-state index in [1.54, 1.807) is 0 Å². The van der Waals surface area contributed by atoms with Crippen LogP contribution in [-0.4, -0.2) is 26.5 Å². The second kappa shape index (κ2) is 6.34. The van der Waals surface area contributed by atoms with Gasteiger partial charge in [-0.1, -0.05) is 6.92 Å². The van der Waals surface area contributed by atoms with E-state index >= 15 is 0 Å². The molecule has 0 atom stereocenters. The highest BCUT2D eigenvalue weighted by Crippen LogP contribution is 2.37. The third-order valence-corrected chi connectivity index (χ3v) is 4.40. The van der Waals surface area contributed by atoms with Crippen molar-refractivity contribution < 1.29 is 26.3 Å². The number of ether oxygens (including phenoxy) is 1. The number of hydrogen-bond donors (Lipinski definition) is 1. The Balaban J connectivity index is 2.69. The van der Waals surface area contributed by atoms with E-state index in [2.05, 4.69) is 0 Å². The van der Waals surface area contributed by atoms with Crippen molar-refractivity contribution in [1.82, 2.24) is 0 Å². The monoisotopic (exact) mass is 311 g/mol. The molecule has 1 aromatic carbocycles. The molecule has 1 aromatic rings. The van der Waals surface area contributed by atoms with Gasteiger partial charge in [0.15, 0.2) is 0 Å². The van der Waals surface area contributed by atoms with Crippen LogP contribution in [0, 0.1) is 0 Å². The predicted octanol–water partition coefficient (Wildman–Crippen LogP) is 2.49. The van der Waals surface area contributed by atoms with Crippen LogP contribution in [0.2, 0.25) is 0 Å². The Bertz CT molecular complexity index is 556. The van der Waals surface area contributed by atoms with Gasteiger partial charge in [0.1, 0.15) is 15.6 Å². The summed E-state index contributed by atoms with van der Waals surface area (Å²) < 4.78 is 65.7. The molecule has 8 heteroatoms. The van der Waals surface area contributed by atoms with E-state index in [-0.39, 0.29) is 36.0 Å². The summed E-state index contributed by atoms with van der Waals surface area (Å²) in [6.45, 7) is 1.41. The number of alkyl halides is 3. The van der Waals surface area contributed by atoms with E-state index in [0.29, 0.717) is 0 Å². The molecule has 20 heavy (non-hydrogen) atoms. The third-order valence-electron chi connectivity index (χ3n) is 2.61. The van der Waals surface area contributed by atoms with Gasteiger partial charge < -0.3 is 10.5 Å². The van der Waals surface area contributed by atoms with Crippen molar-refractivity contribution in [3.63, 3.8) is 0 Å². The van der Waals surface area contributed by atoms with Gasteiger partial charge in [-0.25, -0.2) is 8.42 Å². The SMILES string of the molecule is CCS(=O)(=O)CCCOc1ccc(N)cc1C(F)(F)F. The van der Waals surface area contributed by atoms with Gasteiger partial charge in [-0.05, 0) is 24.6 Å². The molecule has 0 saturated heterocycles. The molecule has 0 heterocycles. The largest absolute Gasteiger partial charge is 0.493 e. The van der Waals surface area contributed by atoms with Gasteiger partial charge in [0.05, 0.1) is 17.9 Å². The molecule has 0 spiro atoms. The molecule has 2 N–H and O–H groups in total. The Labute approximate surface area is 115 Å². The van der Waals surface area contributed by atoms with Crippen molar-refractivity contribution in [1.29, 1.82) is 0 Å². The normalized spacial score (nSPS) is 12.4. The molecule has 0 radical (unpaired) electrons. The number of benzene rings is 1. The highest BCUT2D eigenvalue weighted by Gasteiger charge is 2.34. The summed E-state index contributed by atoms with van der Waals surface area (Å²) >= 11 is 0. The van der Waals surface area contributed by atoms with Crippen LogP contribution in [0.3, 0.4) is 0 Å². The Morgan fingerprint density at radius 2 is 1.95 bits per heavy atom. The van der Waals surface area contributed by atoms with Crippen molar-refractivity contribution in [2.75, 3.05) is 23.8 Å². The molecule has 0 saturated carbocycles. The number of rotatable bonds is 6. The number of halogens is 3. The van der Waals surface area contributed by atoms with E-state index in [1.165, 1.54) is 13.0 Å². The molecule has 0 aliphatic heterocycles. The van der Waals surface area contributed by atoms with Crippen molar-refractivity contribution in [2.45, 2.75) is 19.5 Å². The zero-order valence-corrected chi connectivity index (χ0v) is 11.7. The fourth-order valence-corrected chi connectivity index (χ4v) is 2.35. The smallest absolute Gasteiger partial charge is 0.420 e. The highest BCUT2D eigenvalue weighted by molar-refractivity contribution is 7.91. The minimum absolute atomic E-state index is 0.00265. The zero-order valence-electron chi connectivity index (χ0n) is 10.9. The quantitative estimate of drug-likeness (QED) is 0.647. The van der Waals surface area contributed by atoms with Crippen LogP contribution < -0.4 is 10.5 Å².